The fourth-order valence-electron chi connectivity index (χ4n) is 7.83. The highest BCUT2D eigenvalue weighted by atomic mass is 16.5. The fraction of sp³-hybridized carbons (Fsp3) is 0.385. The Bertz CT molecular complexity index is 2210. The summed E-state index contributed by atoms with van der Waals surface area (Å²) in [5, 5.41) is 6.79. The summed E-state index contributed by atoms with van der Waals surface area (Å²) in [4.78, 5) is 63.5. The number of H-pyrrole nitrogens is 3. The van der Waals surface area contributed by atoms with Crippen molar-refractivity contribution >= 4 is 47.8 Å². The number of Topliss-reactive ketones (excluding diaryl/α,β-unsaturated/α-hetero) is 1. The molecular formula is C39H44N4O6. The molecular weight excluding hydrogens is 620 g/mol. The highest BCUT2D eigenvalue weighted by molar-refractivity contribution is 6.19. The molecule has 3 aromatic rings. The summed E-state index contributed by atoms with van der Waals surface area (Å²) in [5.41, 5.74) is 8.76. The van der Waals surface area contributed by atoms with E-state index in [1.165, 1.54) is 7.11 Å². The van der Waals surface area contributed by atoms with Gasteiger partial charge in [-0.05, 0) is 98.6 Å². The van der Waals surface area contributed by atoms with Crippen molar-refractivity contribution in [3.8, 4) is 0 Å². The summed E-state index contributed by atoms with van der Waals surface area (Å²) in [6.45, 7) is 12.2. The Morgan fingerprint density at radius 1 is 0.918 bits per heavy atom. The van der Waals surface area contributed by atoms with Crippen molar-refractivity contribution in [2.24, 2.45) is 11.8 Å². The van der Waals surface area contributed by atoms with Gasteiger partial charge in [0.15, 0.2) is 12.1 Å². The minimum absolute atomic E-state index is 0.166. The van der Waals surface area contributed by atoms with E-state index >= 15 is 0 Å². The van der Waals surface area contributed by atoms with Gasteiger partial charge < -0.3 is 29.7 Å². The Hall–Kier alpha value is -5.12. The van der Waals surface area contributed by atoms with Crippen LogP contribution in [0.4, 0.5) is 0 Å². The second-order valence-electron chi connectivity index (χ2n) is 13.0. The molecule has 0 fully saturated rings. The third-order valence-electron chi connectivity index (χ3n) is 10.5. The molecule has 8 bridgehead atoms. The van der Waals surface area contributed by atoms with E-state index in [9.17, 15) is 19.2 Å². The highest BCUT2D eigenvalue weighted by Crippen LogP contribution is 2.39. The van der Waals surface area contributed by atoms with Crippen LogP contribution in [0.15, 0.2) is 23.4 Å². The maximum atomic E-state index is 14.2. The van der Waals surface area contributed by atoms with Gasteiger partial charge in [-0.15, -0.1) is 0 Å². The number of hydrogen-bond acceptors (Lipinski definition) is 7. The number of allylic oxidation sites excluding steroid dienone is 2. The van der Waals surface area contributed by atoms with Gasteiger partial charge in [-0.2, -0.15) is 0 Å². The lowest BCUT2D eigenvalue weighted by Crippen LogP contribution is -2.39. The van der Waals surface area contributed by atoms with E-state index in [4.69, 9.17) is 9.47 Å². The second kappa shape index (κ2) is 13.4. The van der Waals surface area contributed by atoms with E-state index < -0.39 is 17.9 Å². The molecule has 0 saturated carbocycles. The van der Waals surface area contributed by atoms with Crippen molar-refractivity contribution in [2.45, 2.75) is 73.3 Å². The maximum Gasteiger partial charge on any atom is 0.320 e. The zero-order valence-electron chi connectivity index (χ0n) is 29.2. The molecule has 6 rings (SSSR count). The molecule has 5 heterocycles. The second-order valence-corrected chi connectivity index (χ2v) is 13.0. The number of methoxy groups -OCH3 is 1. The Kier molecular flexibility index (Phi) is 9.24. The molecule has 10 heteroatoms. The van der Waals surface area contributed by atoms with Crippen LogP contribution in [-0.2, 0) is 31.9 Å². The minimum Gasteiger partial charge on any atom is -0.468 e. The van der Waals surface area contributed by atoms with Crippen LogP contribution in [0.2, 0.25) is 0 Å². The molecule has 0 spiro atoms. The van der Waals surface area contributed by atoms with Crippen LogP contribution in [-0.4, -0.2) is 58.7 Å². The average molecular weight is 665 g/mol. The van der Waals surface area contributed by atoms with Gasteiger partial charge >= 0.3 is 11.9 Å². The van der Waals surface area contributed by atoms with Crippen LogP contribution in [0.1, 0.15) is 94.9 Å². The minimum atomic E-state index is -1.14. The van der Waals surface area contributed by atoms with Crippen LogP contribution in [0.5, 0.6) is 0 Å². The number of ketones is 1. The van der Waals surface area contributed by atoms with E-state index in [0.29, 0.717) is 51.5 Å². The van der Waals surface area contributed by atoms with E-state index in [-0.39, 0.29) is 30.7 Å². The average Bonchev–Trinajstić information content (AvgIpc) is 3.84. The molecule has 3 aliphatic rings. The summed E-state index contributed by atoms with van der Waals surface area (Å²) in [5.74, 6) is -2.64. The third-order valence-corrected chi connectivity index (χ3v) is 10.5. The standard InChI is InChI=1S/C39H44N4O6/c1-8-11-14-49-32(45)13-12-24-20(5)27-15-26-19(4)22(9-2)29(40-26)17-31-25(18-44)23(10-3)30(41-31)16-28-21(6)33-37(43-28)34(36(24)42-27)35(38(33)46)39(47)48-7/h8,11,15-18,24,35-36,40-43H,9-10,12-14H2,1-7H3/b11-8-,26-15-,28-16-,29-17-/t24-,35+,36?/m0/s1. The number of esters is 2. The fourth-order valence-corrected chi connectivity index (χ4v) is 7.83. The topological polar surface area (TPSA) is 146 Å². The SMILES string of the molecule is C/C=C\COC(=O)CC[C@H]1C(C)=C2/C=c3\[nH]/c(c(CC)c3C)=C\c3[nH]c(c(CC)c3C=O)/C=c3\[nH]c4c(c3C)C(=O)[C@H](C(=O)OC)C=4C1N2. The van der Waals surface area contributed by atoms with Crippen molar-refractivity contribution in [2.75, 3.05) is 13.7 Å². The summed E-state index contributed by atoms with van der Waals surface area (Å²) >= 11 is 0. The first kappa shape index (κ1) is 33.8. The monoisotopic (exact) mass is 664 g/mol. The molecule has 2 aliphatic heterocycles. The quantitative estimate of drug-likeness (QED) is 0.119. The summed E-state index contributed by atoms with van der Waals surface area (Å²) < 4.78 is 10.6. The zero-order valence-corrected chi connectivity index (χ0v) is 29.2. The van der Waals surface area contributed by atoms with E-state index in [2.05, 4.69) is 40.2 Å². The number of aromatic amines is 3. The summed E-state index contributed by atoms with van der Waals surface area (Å²) in [6.07, 6.45) is 12.5. The van der Waals surface area contributed by atoms with Gasteiger partial charge in [0.05, 0.1) is 24.2 Å². The van der Waals surface area contributed by atoms with E-state index in [1.54, 1.807) is 6.08 Å². The van der Waals surface area contributed by atoms with Gasteiger partial charge in [0, 0.05) is 50.9 Å². The molecule has 49 heavy (non-hydrogen) atoms. The normalized spacial score (nSPS) is 21.5. The zero-order chi connectivity index (χ0) is 35.1. The smallest absolute Gasteiger partial charge is 0.320 e. The number of aldehydes is 1. The van der Waals surface area contributed by atoms with Crippen molar-refractivity contribution in [1.82, 2.24) is 20.3 Å². The predicted molar refractivity (Wildman–Crippen MR) is 187 cm³/mol. The summed E-state index contributed by atoms with van der Waals surface area (Å²) in [7, 11) is 1.29. The van der Waals surface area contributed by atoms with E-state index in [1.807, 2.05) is 45.9 Å². The van der Waals surface area contributed by atoms with Crippen molar-refractivity contribution in [1.29, 1.82) is 0 Å². The molecule has 4 N–H and O–H groups in total. The van der Waals surface area contributed by atoms with Gasteiger partial charge in [-0.3, -0.25) is 19.2 Å². The van der Waals surface area contributed by atoms with Gasteiger partial charge in [0.1, 0.15) is 12.5 Å². The number of nitrogens with one attached hydrogen (secondary N) is 4. The Balaban J connectivity index is 1.66. The summed E-state index contributed by atoms with van der Waals surface area (Å²) in [6, 6.07) is -0.486. The molecule has 3 atom stereocenters. The Morgan fingerprint density at radius 3 is 2.31 bits per heavy atom. The van der Waals surface area contributed by atoms with Crippen LogP contribution in [0.3, 0.4) is 0 Å². The van der Waals surface area contributed by atoms with Crippen LogP contribution in [0, 0.1) is 25.7 Å². The number of aromatic nitrogens is 3. The van der Waals surface area contributed by atoms with Gasteiger partial charge in [-0.25, -0.2) is 0 Å². The molecule has 0 saturated heterocycles. The maximum absolute atomic E-state index is 14.2. The molecule has 0 aromatic carbocycles. The molecule has 256 valence electrons. The van der Waals surface area contributed by atoms with Crippen molar-refractivity contribution in [3.63, 3.8) is 0 Å². The van der Waals surface area contributed by atoms with Crippen LogP contribution in [0.25, 0.3) is 23.8 Å². The molecule has 3 aromatic heterocycles. The lowest BCUT2D eigenvalue weighted by atomic mass is 9.82. The predicted octanol–water partition coefficient (Wildman–Crippen LogP) is 2.57. The largest absolute Gasteiger partial charge is 0.468 e. The number of carbonyl (C=O) groups is 4. The van der Waals surface area contributed by atoms with Gasteiger partial charge in [0.2, 0.25) is 0 Å². The van der Waals surface area contributed by atoms with Crippen LogP contribution < -0.4 is 26.7 Å². The highest BCUT2D eigenvalue weighted by Gasteiger charge is 2.47. The van der Waals surface area contributed by atoms with Crippen LogP contribution >= 0.6 is 0 Å². The first-order chi connectivity index (χ1) is 23.6. The Labute approximate surface area is 284 Å². The van der Waals surface area contributed by atoms with E-state index in [0.717, 1.165) is 57.1 Å². The Morgan fingerprint density at radius 2 is 1.63 bits per heavy atom. The number of fused-ring (bicyclic) bond motifs is 8. The van der Waals surface area contributed by atoms with Gasteiger partial charge in [0.25, 0.3) is 0 Å². The third kappa shape index (κ3) is 5.62. The molecule has 0 radical (unpaired) electrons. The number of hydrogen-bond donors (Lipinski definition) is 4. The lowest BCUT2D eigenvalue weighted by molar-refractivity contribution is -0.143. The first-order valence-corrected chi connectivity index (χ1v) is 17.0. The number of ether oxygens (including phenoxy) is 2. The number of rotatable bonds is 9. The van der Waals surface area contributed by atoms with Crippen molar-refractivity contribution in [3.05, 3.63) is 89.6 Å². The first-order valence-electron chi connectivity index (χ1n) is 17.0. The molecule has 1 unspecified atom stereocenters. The number of carbonyl (C=O) groups excluding carboxylic acids is 4. The lowest BCUT2D eigenvalue weighted by Gasteiger charge is -2.25. The van der Waals surface area contributed by atoms with Crippen molar-refractivity contribution < 1.29 is 28.7 Å². The molecule has 1 aliphatic carbocycles. The van der Waals surface area contributed by atoms with Gasteiger partial charge in [-0.1, -0.05) is 26.0 Å². The molecule has 10 nitrogen and oxygen atoms in total. The molecule has 0 amide bonds.